The van der Waals surface area contributed by atoms with E-state index in [1.165, 1.54) is 89.0 Å². The third kappa shape index (κ3) is 5.22. The van der Waals surface area contributed by atoms with Gasteiger partial charge in [0.1, 0.15) is 0 Å². The summed E-state index contributed by atoms with van der Waals surface area (Å²) in [6.45, 7) is 14.0. The molecule has 52 heavy (non-hydrogen) atoms. The number of aryl methyl sites for hydroxylation is 2. The van der Waals surface area contributed by atoms with Crippen LogP contribution in [0.25, 0.3) is 56.7 Å². The minimum atomic E-state index is -4.05. The van der Waals surface area contributed by atoms with Crippen molar-refractivity contribution < 1.29 is 18.0 Å². The summed E-state index contributed by atoms with van der Waals surface area (Å²) in [5.41, 5.74) is 21.9. The van der Waals surface area contributed by atoms with Crippen LogP contribution < -0.4 is 0 Å². The summed E-state index contributed by atoms with van der Waals surface area (Å²) in [5.74, 6) is 0. The Balaban J connectivity index is 1.24. The number of allylic oxidation sites excluding steroid dienone is 2. The summed E-state index contributed by atoms with van der Waals surface area (Å²) in [5, 5.41) is 0. The van der Waals surface area contributed by atoms with E-state index in [0.717, 1.165) is 0 Å². The van der Waals surface area contributed by atoms with E-state index < -0.39 is 18.0 Å². The van der Waals surface area contributed by atoms with Crippen LogP contribution in [0.2, 0.25) is 9.36 Å². The fourth-order valence-electron chi connectivity index (χ4n) is 9.88. The Hall–Kier alpha value is -4.46. The topological polar surface area (TPSA) is 0 Å². The number of benzene rings is 6. The van der Waals surface area contributed by atoms with Crippen LogP contribution in [0.5, 0.6) is 0 Å². The van der Waals surface area contributed by atoms with Gasteiger partial charge in [0.05, 0.1) is 0 Å². The summed E-state index contributed by atoms with van der Waals surface area (Å²) < 4.78 is 8.00. The number of rotatable bonds is 6. The molecule has 0 saturated heterocycles. The molecule has 2 aliphatic rings. The molecule has 2 aliphatic carbocycles. The SMILES string of the molecule is C[C](C)=[Hf]([CH3])([CH3])([CH]1C=Cc2c(-c3ccc(C)c(-c4ccccc4)c3C)cccc21)[CH]1C=Cc2c(-c3ccc(C)c(-c4ccccc4)c3C)cccc21. The van der Waals surface area contributed by atoms with Gasteiger partial charge in [-0.3, -0.25) is 0 Å². The summed E-state index contributed by atoms with van der Waals surface area (Å²) >= 11 is -4.05. The summed E-state index contributed by atoms with van der Waals surface area (Å²) in [4.78, 5) is 0. The molecule has 2 atom stereocenters. The zero-order valence-corrected chi connectivity index (χ0v) is 35.6. The van der Waals surface area contributed by atoms with Gasteiger partial charge in [-0.25, -0.2) is 0 Å². The van der Waals surface area contributed by atoms with E-state index in [2.05, 4.69) is 197 Å². The molecule has 0 N–H and O–H groups in total. The molecule has 6 aromatic rings. The second-order valence-electron chi connectivity index (χ2n) is 16.5. The third-order valence-electron chi connectivity index (χ3n) is 13.4. The van der Waals surface area contributed by atoms with Crippen molar-refractivity contribution in [2.45, 2.75) is 58.3 Å². The molecule has 8 rings (SSSR count). The Morgan fingerprint density at radius 3 is 1.23 bits per heavy atom. The van der Waals surface area contributed by atoms with Crippen LogP contribution in [0.3, 0.4) is 0 Å². The standard InChI is InChI=1S/2C23H19.C3H6.2CH3.Hf/c2*1-16-14-15-20(17(2)23(16)19-8-4-3-5-9-19)22-13-7-11-18-10-6-12-21(18)22;1-3-2;;;/h2*3-15H,1-2H3;1-2H3;2*1H3;. The molecule has 258 valence electrons. The van der Waals surface area contributed by atoms with Crippen LogP contribution in [0, 0.1) is 27.7 Å². The monoisotopic (exact) mass is 842 g/mol. The quantitative estimate of drug-likeness (QED) is 0.147. The zero-order chi connectivity index (χ0) is 36.4. The van der Waals surface area contributed by atoms with Crippen molar-refractivity contribution in [3.05, 3.63) is 178 Å². The van der Waals surface area contributed by atoms with Gasteiger partial charge in [-0.1, -0.05) is 0 Å². The molecular weight excluding hydrogens is 791 g/mol. The molecule has 0 heterocycles. The van der Waals surface area contributed by atoms with E-state index in [4.69, 9.17) is 0 Å². The van der Waals surface area contributed by atoms with Crippen molar-refractivity contribution in [1.82, 2.24) is 0 Å². The molecule has 0 aliphatic heterocycles. The predicted octanol–water partition coefficient (Wildman–Crippen LogP) is 14.4. The van der Waals surface area contributed by atoms with E-state index in [-0.39, 0.29) is 0 Å². The van der Waals surface area contributed by atoms with Crippen LogP contribution in [-0.2, 0) is 18.0 Å². The van der Waals surface area contributed by atoms with Gasteiger partial charge < -0.3 is 0 Å². The molecule has 0 fully saturated rings. The van der Waals surface area contributed by atoms with Crippen LogP contribution in [0.4, 0.5) is 0 Å². The first-order chi connectivity index (χ1) is 25.0. The number of fused-ring (bicyclic) bond motifs is 2. The first-order valence-corrected chi connectivity index (χ1v) is 32.1. The first-order valence-electron chi connectivity index (χ1n) is 18.9. The van der Waals surface area contributed by atoms with Gasteiger partial charge in [-0.05, 0) is 0 Å². The first kappa shape index (κ1) is 34.6. The van der Waals surface area contributed by atoms with Crippen molar-refractivity contribution in [3.63, 3.8) is 0 Å². The van der Waals surface area contributed by atoms with Gasteiger partial charge in [0.25, 0.3) is 0 Å². The van der Waals surface area contributed by atoms with Crippen molar-refractivity contribution in [1.29, 1.82) is 0 Å². The van der Waals surface area contributed by atoms with E-state index in [1.54, 1.807) is 3.26 Å². The Kier molecular flexibility index (Phi) is 8.58. The molecule has 0 bridgehead atoms. The van der Waals surface area contributed by atoms with Crippen molar-refractivity contribution in [2.75, 3.05) is 0 Å². The predicted molar refractivity (Wildman–Crippen MR) is 225 cm³/mol. The van der Waals surface area contributed by atoms with E-state index in [1.807, 2.05) is 0 Å². The number of hydrogen-bond donors (Lipinski definition) is 0. The van der Waals surface area contributed by atoms with Gasteiger partial charge in [0.2, 0.25) is 0 Å². The van der Waals surface area contributed by atoms with Crippen molar-refractivity contribution >= 4 is 15.4 Å². The average Bonchev–Trinajstić information content (AvgIpc) is 3.80. The zero-order valence-electron chi connectivity index (χ0n) is 32.0. The van der Waals surface area contributed by atoms with Gasteiger partial charge in [-0.2, -0.15) is 0 Å². The van der Waals surface area contributed by atoms with E-state index in [9.17, 15) is 0 Å². The molecule has 6 aromatic carbocycles. The van der Waals surface area contributed by atoms with E-state index >= 15 is 0 Å². The maximum atomic E-state index is 2.75. The summed E-state index contributed by atoms with van der Waals surface area (Å²) in [7, 11) is 0. The average molecular weight is 841 g/mol. The van der Waals surface area contributed by atoms with Crippen LogP contribution in [-0.4, -0.2) is 3.26 Å². The van der Waals surface area contributed by atoms with Crippen molar-refractivity contribution in [2.24, 2.45) is 0 Å². The molecule has 0 aromatic heterocycles. The fourth-order valence-corrected chi connectivity index (χ4v) is 29.4. The van der Waals surface area contributed by atoms with Crippen LogP contribution in [0.1, 0.15) is 65.7 Å². The molecular formula is C51H50Hf. The van der Waals surface area contributed by atoms with E-state index in [0.29, 0.717) is 7.35 Å². The minimum absolute atomic E-state index is 0.423. The molecule has 2 unspecified atom stereocenters. The van der Waals surface area contributed by atoms with Crippen LogP contribution >= 0.6 is 0 Å². The van der Waals surface area contributed by atoms with Crippen LogP contribution in [0.15, 0.2) is 133 Å². The Morgan fingerprint density at radius 1 is 0.442 bits per heavy atom. The maximum absolute atomic E-state index is 4.05. The summed E-state index contributed by atoms with van der Waals surface area (Å²) in [6.07, 6.45) is 10.1. The Labute approximate surface area is 312 Å². The fraction of sp³-hybridized carbons (Fsp3) is 0.196. The normalized spacial score (nSPS) is 16.2. The Bertz CT molecular complexity index is 2350. The second-order valence-corrected chi connectivity index (χ2v) is 43.3. The van der Waals surface area contributed by atoms with Gasteiger partial charge in [-0.15, -0.1) is 0 Å². The molecule has 0 nitrogen and oxygen atoms in total. The molecule has 0 saturated carbocycles. The third-order valence-corrected chi connectivity index (χ3v) is 42.1. The molecule has 0 radical (unpaired) electrons. The molecule has 0 amide bonds. The Morgan fingerprint density at radius 2 is 0.846 bits per heavy atom. The number of hydrogen-bond acceptors (Lipinski definition) is 0. The van der Waals surface area contributed by atoms with Gasteiger partial charge in [0, 0.05) is 0 Å². The molecule has 1 heteroatoms. The second kappa shape index (κ2) is 12.9. The van der Waals surface area contributed by atoms with Gasteiger partial charge in [0.15, 0.2) is 0 Å². The van der Waals surface area contributed by atoms with Crippen molar-refractivity contribution in [3.8, 4) is 44.5 Å². The summed E-state index contributed by atoms with van der Waals surface area (Å²) in [6, 6.07) is 45.3. The van der Waals surface area contributed by atoms with Gasteiger partial charge >= 0.3 is 314 Å². The molecule has 0 spiro atoms.